The third kappa shape index (κ3) is 3.72. The zero-order chi connectivity index (χ0) is 15.7. The van der Waals surface area contributed by atoms with Crippen molar-refractivity contribution in [3.63, 3.8) is 0 Å². The van der Waals surface area contributed by atoms with Gasteiger partial charge in [0.15, 0.2) is 11.5 Å². The number of benzene rings is 1. The Kier molecular flexibility index (Phi) is 5.42. The van der Waals surface area contributed by atoms with Gasteiger partial charge in [0.2, 0.25) is 12.7 Å². The highest BCUT2D eigenvalue weighted by atomic mass is 35.5. The molecule has 23 heavy (non-hydrogen) atoms. The van der Waals surface area contributed by atoms with Gasteiger partial charge in [-0.05, 0) is 44.4 Å². The van der Waals surface area contributed by atoms with Crippen molar-refractivity contribution < 1.29 is 14.3 Å². The Morgan fingerprint density at radius 3 is 2.83 bits per heavy atom. The molecule has 0 saturated heterocycles. The zero-order valence-corrected chi connectivity index (χ0v) is 14.4. The van der Waals surface area contributed by atoms with Crippen LogP contribution >= 0.6 is 12.4 Å². The number of carbonyl (C=O) groups is 1. The monoisotopic (exact) mass is 340 g/mol. The van der Waals surface area contributed by atoms with E-state index in [-0.39, 0.29) is 37.1 Å². The standard InChI is InChI=1S/C17H24N2O3.ClH/c1-11(12-6-7-14-15(9-12)22-10-21-14)19-16(20)13-5-3-4-8-17(13,2)18;/h6-7,9,11,13H,3-5,8,10,18H2,1-2H3,(H,19,20);1H. The Morgan fingerprint density at radius 1 is 1.35 bits per heavy atom. The Morgan fingerprint density at radius 2 is 2.09 bits per heavy atom. The van der Waals surface area contributed by atoms with Gasteiger partial charge >= 0.3 is 0 Å². The minimum Gasteiger partial charge on any atom is -0.454 e. The molecule has 0 bridgehead atoms. The predicted molar refractivity (Wildman–Crippen MR) is 90.9 cm³/mol. The lowest BCUT2D eigenvalue weighted by molar-refractivity contribution is -0.128. The van der Waals surface area contributed by atoms with Gasteiger partial charge < -0.3 is 20.5 Å². The number of rotatable bonds is 3. The fraction of sp³-hybridized carbons (Fsp3) is 0.588. The summed E-state index contributed by atoms with van der Waals surface area (Å²) < 4.78 is 10.7. The van der Waals surface area contributed by atoms with E-state index in [1.807, 2.05) is 32.0 Å². The number of fused-ring (bicyclic) bond motifs is 1. The van der Waals surface area contributed by atoms with Crippen LogP contribution in [0.2, 0.25) is 0 Å². The van der Waals surface area contributed by atoms with Crippen molar-refractivity contribution in [2.24, 2.45) is 11.7 Å². The first-order valence-electron chi connectivity index (χ1n) is 7.96. The number of halogens is 1. The van der Waals surface area contributed by atoms with E-state index in [4.69, 9.17) is 15.2 Å². The Hall–Kier alpha value is -1.46. The molecule has 1 aliphatic heterocycles. The molecule has 3 atom stereocenters. The smallest absolute Gasteiger partial charge is 0.231 e. The van der Waals surface area contributed by atoms with E-state index in [1.165, 1.54) is 0 Å². The minimum atomic E-state index is -0.406. The lowest BCUT2D eigenvalue weighted by Gasteiger charge is -2.37. The topological polar surface area (TPSA) is 73.6 Å². The van der Waals surface area contributed by atoms with Gasteiger partial charge in [-0.3, -0.25) is 4.79 Å². The molecule has 6 heteroatoms. The second-order valence-electron chi connectivity index (χ2n) is 6.65. The lowest BCUT2D eigenvalue weighted by atomic mass is 9.74. The number of hydrogen-bond donors (Lipinski definition) is 2. The molecule has 3 rings (SSSR count). The summed E-state index contributed by atoms with van der Waals surface area (Å²) in [5.41, 5.74) is 6.91. The summed E-state index contributed by atoms with van der Waals surface area (Å²) in [7, 11) is 0. The van der Waals surface area contributed by atoms with E-state index in [2.05, 4.69) is 5.32 Å². The highest BCUT2D eigenvalue weighted by Gasteiger charge is 2.38. The van der Waals surface area contributed by atoms with Crippen molar-refractivity contribution in [2.75, 3.05) is 6.79 Å². The molecule has 1 amide bonds. The van der Waals surface area contributed by atoms with Crippen molar-refractivity contribution >= 4 is 18.3 Å². The van der Waals surface area contributed by atoms with Crippen molar-refractivity contribution in [3.05, 3.63) is 23.8 Å². The Bertz CT molecular complexity index is 577. The molecule has 0 aromatic heterocycles. The molecule has 3 N–H and O–H groups in total. The molecule has 128 valence electrons. The van der Waals surface area contributed by atoms with Crippen LogP contribution in [0, 0.1) is 5.92 Å². The van der Waals surface area contributed by atoms with Crippen LogP contribution in [0.5, 0.6) is 11.5 Å². The lowest BCUT2D eigenvalue weighted by Crippen LogP contribution is -2.53. The van der Waals surface area contributed by atoms with Gasteiger partial charge in [0.25, 0.3) is 0 Å². The van der Waals surface area contributed by atoms with Gasteiger partial charge in [-0.2, -0.15) is 0 Å². The van der Waals surface area contributed by atoms with E-state index in [9.17, 15) is 4.79 Å². The fourth-order valence-electron chi connectivity index (χ4n) is 3.37. The maximum absolute atomic E-state index is 12.6. The average Bonchev–Trinajstić information content (AvgIpc) is 2.93. The van der Waals surface area contributed by atoms with Crippen molar-refractivity contribution in [2.45, 2.75) is 51.1 Å². The summed E-state index contributed by atoms with van der Waals surface area (Å²) in [5, 5.41) is 3.10. The summed E-state index contributed by atoms with van der Waals surface area (Å²) in [6.07, 6.45) is 3.95. The molecular formula is C17H25ClN2O3. The quantitative estimate of drug-likeness (QED) is 0.887. The maximum atomic E-state index is 12.6. The first-order chi connectivity index (χ1) is 10.5. The van der Waals surface area contributed by atoms with E-state index in [0.717, 1.165) is 42.7 Å². The number of ether oxygens (including phenoxy) is 2. The van der Waals surface area contributed by atoms with E-state index >= 15 is 0 Å². The molecule has 5 nitrogen and oxygen atoms in total. The van der Waals surface area contributed by atoms with Gasteiger partial charge in [-0.1, -0.05) is 18.9 Å². The molecule has 0 spiro atoms. The summed E-state index contributed by atoms with van der Waals surface area (Å²) in [6, 6.07) is 5.69. The molecule has 2 aliphatic rings. The van der Waals surface area contributed by atoms with Crippen LogP contribution in [0.25, 0.3) is 0 Å². The first-order valence-corrected chi connectivity index (χ1v) is 7.96. The molecule has 1 aromatic carbocycles. The summed E-state index contributed by atoms with van der Waals surface area (Å²) >= 11 is 0. The highest BCUT2D eigenvalue weighted by molar-refractivity contribution is 5.85. The largest absolute Gasteiger partial charge is 0.454 e. The first kappa shape index (κ1) is 17.9. The zero-order valence-electron chi connectivity index (χ0n) is 13.6. The minimum absolute atomic E-state index is 0. The van der Waals surface area contributed by atoms with Crippen LogP contribution in [0.3, 0.4) is 0 Å². The highest BCUT2D eigenvalue weighted by Crippen LogP contribution is 2.35. The summed E-state index contributed by atoms with van der Waals surface area (Å²) in [6.45, 7) is 4.22. The normalized spacial score (nSPS) is 27.0. The van der Waals surface area contributed by atoms with Crippen LogP contribution in [-0.2, 0) is 4.79 Å². The molecule has 1 aromatic rings. The Labute approximate surface area is 143 Å². The molecule has 1 fully saturated rings. The van der Waals surface area contributed by atoms with E-state index in [0.29, 0.717) is 0 Å². The summed E-state index contributed by atoms with van der Waals surface area (Å²) in [5.74, 6) is 1.43. The third-order valence-corrected chi connectivity index (χ3v) is 4.83. The molecule has 1 saturated carbocycles. The van der Waals surface area contributed by atoms with Gasteiger partial charge in [0.1, 0.15) is 0 Å². The second kappa shape index (κ2) is 6.97. The average molecular weight is 341 g/mol. The molecule has 1 aliphatic carbocycles. The molecule has 3 unspecified atom stereocenters. The van der Waals surface area contributed by atoms with Crippen LogP contribution in [0.4, 0.5) is 0 Å². The van der Waals surface area contributed by atoms with Crippen molar-refractivity contribution in [1.29, 1.82) is 0 Å². The van der Waals surface area contributed by atoms with Gasteiger partial charge in [0.05, 0.1) is 12.0 Å². The van der Waals surface area contributed by atoms with Gasteiger partial charge in [-0.25, -0.2) is 0 Å². The van der Waals surface area contributed by atoms with Gasteiger partial charge in [0, 0.05) is 5.54 Å². The van der Waals surface area contributed by atoms with E-state index in [1.54, 1.807) is 0 Å². The van der Waals surface area contributed by atoms with Crippen LogP contribution < -0.4 is 20.5 Å². The number of nitrogens with two attached hydrogens (primary N) is 1. The molecule has 0 radical (unpaired) electrons. The predicted octanol–water partition coefficient (Wildman–Crippen LogP) is 2.92. The fourth-order valence-corrected chi connectivity index (χ4v) is 3.37. The number of nitrogens with one attached hydrogen (secondary N) is 1. The maximum Gasteiger partial charge on any atom is 0.231 e. The summed E-state index contributed by atoms with van der Waals surface area (Å²) in [4.78, 5) is 12.6. The van der Waals surface area contributed by atoms with Crippen LogP contribution in [0.1, 0.15) is 51.1 Å². The molecule has 1 heterocycles. The second-order valence-corrected chi connectivity index (χ2v) is 6.65. The van der Waals surface area contributed by atoms with Crippen LogP contribution in [-0.4, -0.2) is 18.2 Å². The van der Waals surface area contributed by atoms with Gasteiger partial charge in [-0.15, -0.1) is 12.4 Å². The number of amides is 1. The van der Waals surface area contributed by atoms with Crippen molar-refractivity contribution in [1.82, 2.24) is 5.32 Å². The molecular weight excluding hydrogens is 316 g/mol. The van der Waals surface area contributed by atoms with E-state index < -0.39 is 5.54 Å². The SMILES string of the molecule is CC(NC(=O)C1CCCCC1(C)N)c1ccc2c(c1)OCO2.Cl. The third-order valence-electron chi connectivity index (χ3n) is 4.83. The van der Waals surface area contributed by atoms with Crippen molar-refractivity contribution in [3.8, 4) is 11.5 Å². The Balaban J connectivity index is 0.00000192. The number of carbonyl (C=O) groups excluding carboxylic acids is 1. The number of hydrogen-bond acceptors (Lipinski definition) is 4. The van der Waals surface area contributed by atoms with Crippen LogP contribution in [0.15, 0.2) is 18.2 Å².